The molecule has 6 nitrogen and oxygen atoms in total. The van der Waals surface area contributed by atoms with E-state index in [1.807, 2.05) is 37.4 Å². The van der Waals surface area contributed by atoms with Crippen molar-refractivity contribution in [3.63, 3.8) is 0 Å². The fourth-order valence-corrected chi connectivity index (χ4v) is 3.45. The minimum atomic E-state index is 0.423. The smallest absolute Gasteiger partial charge is 0.216 e. The van der Waals surface area contributed by atoms with Crippen LogP contribution < -0.4 is 4.74 Å². The van der Waals surface area contributed by atoms with Crippen LogP contribution in [0.2, 0.25) is 0 Å². The Labute approximate surface area is 167 Å². The third-order valence-corrected chi connectivity index (χ3v) is 4.87. The molecule has 28 heavy (non-hydrogen) atoms. The number of aryl methyl sites for hydroxylation is 1. The molecule has 0 aliphatic rings. The predicted octanol–water partition coefficient (Wildman–Crippen LogP) is 4.93. The van der Waals surface area contributed by atoms with Gasteiger partial charge in [-0.25, -0.2) is 5.10 Å². The van der Waals surface area contributed by atoms with Gasteiger partial charge in [-0.05, 0) is 43.3 Å². The minimum Gasteiger partial charge on any atom is -0.493 e. The van der Waals surface area contributed by atoms with Crippen LogP contribution in [-0.2, 0) is 6.42 Å². The monoisotopic (exact) mass is 391 g/mol. The topological polar surface area (TPSA) is 71.0 Å². The van der Waals surface area contributed by atoms with E-state index in [0.29, 0.717) is 17.2 Å². The van der Waals surface area contributed by atoms with Gasteiger partial charge in [-0.1, -0.05) is 37.3 Å². The molecule has 0 unspecified atom stereocenters. The number of nitrogens with zero attached hydrogens (tertiary/aromatic N) is 3. The first-order valence-electron chi connectivity index (χ1n) is 9.25. The van der Waals surface area contributed by atoms with E-state index in [4.69, 9.17) is 17.0 Å². The largest absolute Gasteiger partial charge is 0.493 e. The van der Waals surface area contributed by atoms with E-state index in [0.717, 1.165) is 34.2 Å². The number of aromatic amines is 2. The number of fused-ring (bicyclic) bond motifs is 1. The van der Waals surface area contributed by atoms with Gasteiger partial charge >= 0.3 is 0 Å². The summed E-state index contributed by atoms with van der Waals surface area (Å²) in [7, 11) is 0. The van der Waals surface area contributed by atoms with Crippen LogP contribution in [0.4, 0.5) is 0 Å². The van der Waals surface area contributed by atoms with Crippen LogP contribution in [0.1, 0.15) is 25.0 Å². The summed E-state index contributed by atoms with van der Waals surface area (Å²) in [6.07, 6.45) is 4.74. The second-order valence-corrected chi connectivity index (χ2v) is 6.66. The maximum Gasteiger partial charge on any atom is 0.216 e. The number of para-hydroxylation sites is 2. The first-order chi connectivity index (χ1) is 13.7. The van der Waals surface area contributed by atoms with E-state index in [1.165, 1.54) is 5.56 Å². The highest BCUT2D eigenvalue weighted by atomic mass is 32.1. The van der Waals surface area contributed by atoms with Crippen LogP contribution in [0.5, 0.6) is 5.75 Å². The van der Waals surface area contributed by atoms with E-state index < -0.39 is 0 Å². The van der Waals surface area contributed by atoms with Crippen molar-refractivity contribution in [1.82, 2.24) is 19.9 Å². The van der Waals surface area contributed by atoms with Crippen molar-refractivity contribution in [3.05, 3.63) is 64.6 Å². The van der Waals surface area contributed by atoms with Gasteiger partial charge in [0.2, 0.25) is 4.77 Å². The highest BCUT2D eigenvalue weighted by Crippen LogP contribution is 2.28. The summed E-state index contributed by atoms with van der Waals surface area (Å²) in [5.74, 6) is 1.36. The minimum absolute atomic E-state index is 0.423. The number of benzene rings is 2. The quantitative estimate of drug-likeness (QED) is 0.361. The third-order valence-electron chi connectivity index (χ3n) is 4.61. The first-order valence-corrected chi connectivity index (χ1v) is 9.66. The summed E-state index contributed by atoms with van der Waals surface area (Å²) in [6.45, 7) is 4.67. The highest BCUT2D eigenvalue weighted by molar-refractivity contribution is 7.71. The van der Waals surface area contributed by atoms with Crippen LogP contribution in [-0.4, -0.2) is 32.7 Å². The maximum atomic E-state index is 5.73. The summed E-state index contributed by atoms with van der Waals surface area (Å²) in [4.78, 5) is 3.35. The molecular weight excluding hydrogens is 370 g/mol. The lowest BCUT2D eigenvalue weighted by molar-refractivity contribution is 0.341. The lowest BCUT2D eigenvalue weighted by Gasteiger charge is -2.08. The van der Waals surface area contributed by atoms with E-state index in [-0.39, 0.29) is 0 Å². The molecular formula is C21H21N5OS. The normalized spacial score (nSPS) is 11.5. The SMILES string of the molecule is CCOc1ccccc1-c1n[nH]c(=S)n1/N=C/c1c[nH]c2c(CC)cccc12. The number of rotatable bonds is 6. The van der Waals surface area contributed by atoms with Crippen molar-refractivity contribution in [1.29, 1.82) is 0 Å². The highest BCUT2D eigenvalue weighted by Gasteiger charge is 2.13. The van der Waals surface area contributed by atoms with E-state index in [1.54, 1.807) is 10.9 Å². The summed E-state index contributed by atoms with van der Waals surface area (Å²) in [5.41, 5.74) is 4.26. The molecule has 2 N–H and O–H groups in total. The molecule has 0 saturated carbocycles. The second-order valence-electron chi connectivity index (χ2n) is 6.28. The number of hydrogen-bond acceptors (Lipinski definition) is 4. The predicted molar refractivity (Wildman–Crippen MR) is 115 cm³/mol. The molecule has 0 aliphatic heterocycles. The molecule has 0 aliphatic carbocycles. The fourth-order valence-electron chi connectivity index (χ4n) is 3.27. The summed E-state index contributed by atoms with van der Waals surface area (Å²) in [5, 5.41) is 12.9. The van der Waals surface area contributed by atoms with Crippen molar-refractivity contribution < 1.29 is 4.74 Å². The average Bonchev–Trinajstić information content (AvgIpc) is 3.30. The van der Waals surface area contributed by atoms with Crippen LogP contribution in [0, 0.1) is 4.77 Å². The number of H-pyrrole nitrogens is 2. The Morgan fingerprint density at radius 2 is 2.04 bits per heavy atom. The van der Waals surface area contributed by atoms with Crippen molar-refractivity contribution in [2.24, 2.45) is 5.10 Å². The molecule has 142 valence electrons. The Bertz CT molecular complexity index is 1200. The Morgan fingerprint density at radius 1 is 1.18 bits per heavy atom. The molecule has 0 atom stereocenters. The molecule has 2 heterocycles. The Hall–Kier alpha value is -3.19. The summed E-state index contributed by atoms with van der Waals surface area (Å²) in [6, 6.07) is 14.0. The Kier molecular flexibility index (Phi) is 5.08. The zero-order valence-electron chi connectivity index (χ0n) is 15.8. The van der Waals surface area contributed by atoms with Crippen molar-refractivity contribution in [2.45, 2.75) is 20.3 Å². The summed E-state index contributed by atoms with van der Waals surface area (Å²) >= 11 is 5.39. The molecule has 7 heteroatoms. The van der Waals surface area contributed by atoms with Crippen LogP contribution >= 0.6 is 12.2 Å². The molecule has 4 aromatic rings. The van der Waals surface area contributed by atoms with E-state index in [2.05, 4.69) is 45.4 Å². The lowest BCUT2D eigenvalue weighted by Crippen LogP contribution is -1.99. The lowest BCUT2D eigenvalue weighted by atomic mass is 10.1. The molecule has 0 fully saturated rings. The van der Waals surface area contributed by atoms with Gasteiger partial charge in [-0.15, -0.1) is 0 Å². The van der Waals surface area contributed by atoms with Gasteiger partial charge in [0.05, 0.1) is 18.4 Å². The van der Waals surface area contributed by atoms with Gasteiger partial charge in [-0.2, -0.15) is 14.9 Å². The number of hydrogen-bond donors (Lipinski definition) is 2. The molecule has 0 radical (unpaired) electrons. The molecule has 2 aromatic carbocycles. The van der Waals surface area contributed by atoms with Crippen LogP contribution in [0.3, 0.4) is 0 Å². The van der Waals surface area contributed by atoms with Crippen molar-refractivity contribution in [2.75, 3.05) is 6.61 Å². The van der Waals surface area contributed by atoms with Crippen LogP contribution in [0.15, 0.2) is 53.8 Å². The molecule has 2 aromatic heterocycles. The Morgan fingerprint density at radius 3 is 2.86 bits per heavy atom. The standard InChI is InChI=1S/C21H21N5OS/c1-3-14-8-7-10-16-15(12-22-19(14)16)13-23-26-20(24-25-21(26)28)17-9-5-6-11-18(17)27-4-2/h5-13,22H,3-4H2,1-2H3,(H,25,28)/b23-13+. The fraction of sp³-hybridized carbons (Fsp3) is 0.190. The van der Waals surface area contributed by atoms with Crippen molar-refractivity contribution >= 4 is 29.3 Å². The van der Waals surface area contributed by atoms with Gasteiger partial charge in [0.25, 0.3) is 0 Å². The molecule has 0 spiro atoms. The Balaban J connectivity index is 1.77. The van der Waals surface area contributed by atoms with E-state index in [9.17, 15) is 0 Å². The zero-order valence-corrected chi connectivity index (χ0v) is 16.6. The molecule has 0 bridgehead atoms. The zero-order chi connectivity index (χ0) is 19.5. The second kappa shape index (κ2) is 7.82. The summed E-state index contributed by atoms with van der Waals surface area (Å²) < 4.78 is 7.77. The van der Waals surface area contributed by atoms with Gasteiger partial charge in [-0.3, -0.25) is 0 Å². The first kappa shape index (κ1) is 18.2. The van der Waals surface area contributed by atoms with Gasteiger partial charge in [0, 0.05) is 22.7 Å². The number of ether oxygens (including phenoxy) is 1. The third kappa shape index (κ3) is 3.25. The van der Waals surface area contributed by atoms with Crippen molar-refractivity contribution in [3.8, 4) is 17.1 Å². The number of nitrogens with one attached hydrogen (secondary N) is 2. The molecule has 4 rings (SSSR count). The molecule has 0 saturated heterocycles. The maximum absolute atomic E-state index is 5.73. The van der Waals surface area contributed by atoms with Gasteiger partial charge in [0.15, 0.2) is 5.82 Å². The van der Waals surface area contributed by atoms with E-state index >= 15 is 0 Å². The number of aromatic nitrogens is 4. The van der Waals surface area contributed by atoms with Gasteiger partial charge < -0.3 is 9.72 Å². The van der Waals surface area contributed by atoms with Crippen LogP contribution in [0.25, 0.3) is 22.3 Å². The van der Waals surface area contributed by atoms with Gasteiger partial charge in [0.1, 0.15) is 5.75 Å². The molecule has 0 amide bonds. The average molecular weight is 392 g/mol.